The Kier molecular flexibility index (Phi) is 4.50. The van der Waals surface area contributed by atoms with E-state index >= 15 is 0 Å². The van der Waals surface area contributed by atoms with Gasteiger partial charge in [-0.05, 0) is 33.3 Å². The number of aryl methyl sites for hydroxylation is 3. The van der Waals surface area contributed by atoms with Crippen molar-refractivity contribution in [2.45, 2.75) is 33.1 Å². The average molecular weight is 367 g/mol. The van der Waals surface area contributed by atoms with Crippen molar-refractivity contribution in [1.82, 2.24) is 24.9 Å². The quantitative estimate of drug-likeness (QED) is 0.757. The van der Waals surface area contributed by atoms with E-state index in [1.54, 1.807) is 23.9 Å². The summed E-state index contributed by atoms with van der Waals surface area (Å²) in [5, 5.41) is 4.21. The Morgan fingerprint density at radius 1 is 1.19 bits per heavy atom. The van der Waals surface area contributed by atoms with Crippen LogP contribution in [0, 0.1) is 20.8 Å². The smallest absolute Gasteiger partial charge is 0.188 e. The van der Waals surface area contributed by atoms with Crippen LogP contribution in [0.3, 0.4) is 0 Å². The van der Waals surface area contributed by atoms with Crippen LogP contribution in [-0.2, 0) is 0 Å². The molecule has 3 aromatic rings. The first-order chi connectivity index (χ1) is 12.6. The summed E-state index contributed by atoms with van der Waals surface area (Å²) in [6, 6.07) is 4.00. The average Bonchev–Trinajstić information content (AvgIpc) is 3.23. The van der Waals surface area contributed by atoms with E-state index in [4.69, 9.17) is 0 Å². The maximum absolute atomic E-state index is 4.68. The molecule has 0 radical (unpaired) electrons. The third-order valence-electron chi connectivity index (χ3n) is 4.62. The highest BCUT2D eigenvalue weighted by Crippen LogP contribution is 2.30. The molecule has 4 rings (SSSR count). The number of aromatic nitrogens is 5. The molecule has 26 heavy (non-hydrogen) atoms. The Hall–Kier alpha value is -2.61. The van der Waals surface area contributed by atoms with Crippen molar-refractivity contribution < 1.29 is 0 Å². The lowest BCUT2D eigenvalue weighted by Gasteiger charge is -2.17. The van der Waals surface area contributed by atoms with Crippen molar-refractivity contribution in [1.29, 1.82) is 0 Å². The Morgan fingerprint density at radius 3 is 2.81 bits per heavy atom. The van der Waals surface area contributed by atoms with Gasteiger partial charge >= 0.3 is 0 Å². The third-order valence-corrected chi connectivity index (χ3v) is 5.61. The van der Waals surface area contributed by atoms with Crippen LogP contribution in [0.25, 0.3) is 0 Å². The lowest BCUT2D eigenvalue weighted by Crippen LogP contribution is -2.20. The maximum Gasteiger partial charge on any atom is 0.188 e. The zero-order valence-corrected chi connectivity index (χ0v) is 15.9. The van der Waals surface area contributed by atoms with Crippen LogP contribution in [0.2, 0.25) is 0 Å². The van der Waals surface area contributed by atoms with E-state index in [0.717, 1.165) is 53.5 Å². The topological polar surface area (TPSA) is 79.7 Å². The minimum atomic E-state index is 0.368. The summed E-state index contributed by atoms with van der Waals surface area (Å²) in [7, 11) is 0. The number of hydrogen-bond acceptors (Lipinski definition) is 8. The van der Waals surface area contributed by atoms with Crippen molar-refractivity contribution >= 4 is 28.1 Å². The SMILES string of the molecule is Cc1nc(Nc2nc(C)c(C)s2)cc([C@H]2CCN(c3ccncn3)C2)n1. The monoisotopic (exact) mass is 367 g/mol. The summed E-state index contributed by atoms with van der Waals surface area (Å²) < 4.78 is 0. The van der Waals surface area contributed by atoms with Gasteiger partial charge in [-0.2, -0.15) is 0 Å². The van der Waals surface area contributed by atoms with Gasteiger partial charge in [0.1, 0.15) is 23.8 Å². The summed E-state index contributed by atoms with van der Waals surface area (Å²) in [4.78, 5) is 25.6. The summed E-state index contributed by atoms with van der Waals surface area (Å²) in [5.74, 6) is 2.92. The Morgan fingerprint density at radius 2 is 2.08 bits per heavy atom. The predicted octanol–water partition coefficient (Wildman–Crippen LogP) is 3.39. The standard InChI is InChI=1S/C18H21N7S/c1-11-12(2)26-18(21-11)24-16-8-15(22-13(3)23-16)14-5-7-25(9-14)17-4-6-19-10-20-17/h4,6,8,10,14H,5,7,9H2,1-3H3,(H,21,22,23,24)/t14-/m0/s1. The van der Waals surface area contributed by atoms with Crippen molar-refractivity contribution in [3.05, 3.63) is 46.7 Å². The molecule has 0 amide bonds. The molecule has 1 aliphatic rings. The van der Waals surface area contributed by atoms with E-state index < -0.39 is 0 Å². The molecule has 0 bridgehead atoms. The first-order valence-electron chi connectivity index (χ1n) is 8.66. The van der Waals surface area contributed by atoms with E-state index in [1.165, 1.54) is 4.88 Å². The minimum Gasteiger partial charge on any atom is -0.356 e. The van der Waals surface area contributed by atoms with E-state index in [1.807, 2.05) is 26.0 Å². The van der Waals surface area contributed by atoms with E-state index in [2.05, 4.69) is 42.1 Å². The Labute approximate surface area is 156 Å². The Balaban J connectivity index is 1.53. The van der Waals surface area contributed by atoms with Gasteiger partial charge in [-0.15, -0.1) is 11.3 Å². The van der Waals surface area contributed by atoms with E-state index in [-0.39, 0.29) is 0 Å². The highest BCUT2D eigenvalue weighted by atomic mass is 32.1. The zero-order chi connectivity index (χ0) is 18.1. The fourth-order valence-electron chi connectivity index (χ4n) is 3.18. The molecular formula is C18H21N7S. The number of nitrogens with zero attached hydrogens (tertiary/aromatic N) is 6. The minimum absolute atomic E-state index is 0.368. The van der Waals surface area contributed by atoms with Gasteiger partial charge < -0.3 is 10.2 Å². The van der Waals surface area contributed by atoms with Gasteiger partial charge in [0.2, 0.25) is 0 Å². The predicted molar refractivity (Wildman–Crippen MR) is 103 cm³/mol. The van der Waals surface area contributed by atoms with E-state index in [0.29, 0.717) is 5.92 Å². The molecule has 4 heterocycles. The largest absolute Gasteiger partial charge is 0.356 e. The molecule has 1 fully saturated rings. The summed E-state index contributed by atoms with van der Waals surface area (Å²) >= 11 is 1.65. The van der Waals surface area contributed by atoms with Crippen LogP contribution in [0.1, 0.15) is 34.4 Å². The van der Waals surface area contributed by atoms with Gasteiger partial charge in [-0.1, -0.05) is 0 Å². The number of thiazole rings is 1. The lowest BCUT2D eigenvalue weighted by atomic mass is 10.0. The zero-order valence-electron chi connectivity index (χ0n) is 15.1. The number of rotatable bonds is 4. The molecule has 1 aliphatic heterocycles. The molecule has 3 aromatic heterocycles. The molecule has 1 N–H and O–H groups in total. The van der Waals surface area contributed by atoms with Crippen LogP contribution < -0.4 is 10.2 Å². The van der Waals surface area contributed by atoms with Crippen LogP contribution in [0.4, 0.5) is 16.8 Å². The highest BCUT2D eigenvalue weighted by molar-refractivity contribution is 7.15. The second-order valence-electron chi connectivity index (χ2n) is 6.51. The summed E-state index contributed by atoms with van der Waals surface area (Å²) in [6.45, 7) is 7.91. The van der Waals surface area contributed by atoms with Gasteiger partial charge in [0, 0.05) is 36.1 Å². The fourth-order valence-corrected chi connectivity index (χ4v) is 4.00. The van der Waals surface area contributed by atoms with Crippen LogP contribution in [0.5, 0.6) is 0 Å². The molecule has 1 saturated heterocycles. The van der Waals surface area contributed by atoms with Gasteiger partial charge in [-0.3, -0.25) is 0 Å². The number of anilines is 3. The first kappa shape index (κ1) is 16.8. The van der Waals surface area contributed by atoms with Crippen molar-refractivity contribution in [3.63, 3.8) is 0 Å². The van der Waals surface area contributed by atoms with Crippen molar-refractivity contribution in [2.75, 3.05) is 23.3 Å². The normalized spacial score (nSPS) is 16.9. The maximum atomic E-state index is 4.68. The lowest BCUT2D eigenvalue weighted by molar-refractivity contribution is 0.733. The molecule has 0 aromatic carbocycles. The fraction of sp³-hybridized carbons (Fsp3) is 0.389. The Bertz CT molecular complexity index is 890. The first-order valence-corrected chi connectivity index (χ1v) is 9.48. The second kappa shape index (κ2) is 6.95. The third kappa shape index (κ3) is 3.50. The van der Waals surface area contributed by atoms with Crippen molar-refractivity contribution in [2.24, 2.45) is 0 Å². The molecule has 0 saturated carbocycles. The van der Waals surface area contributed by atoms with Crippen molar-refractivity contribution in [3.8, 4) is 0 Å². The van der Waals surface area contributed by atoms with Crippen LogP contribution in [0.15, 0.2) is 24.7 Å². The summed E-state index contributed by atoms with van der Waals surface area (Å²) in [6.07, 6.45) is 4.43. The molecule has 134 valence electrons. The number of nitrogens with one attached hydrogen (secondary N) is 1. The number of hydrogen-bond donors (Lipinski definition) is 1. The molecule has 0 spiro atoms. The van der Waals surface area contributed by atoms with Gasteiger partial charge in [0.15, 0.2) is 5.13 Å². The van der Waals surface area contributed by atoms with Gasteiger partial charge in [0.25, 0.3) is 0 Å². The van der Waals surface area contributed by atoms with E-state index in [9.17, 15) is 0 Å². The summed E-state index contributed by atoms with van der Waals surface area (Å²) in [5.41, 5.74) is 2.13. The van der Waals surface area contributed by atoms with Crippen LogP contribution in [-0.4, -0.2) is 38.0 Å². The highest BCUT2D eigenvalue weighted by Gasteiger charge is 2.26. The second-order valence-corrected chi connectivity index (χ2v) is 7.71. The van der Waals surface area contributed by atoms with Gasteiger partial charge in [0.05, 0.1) is 11.4 Å². The molecular weight excluding hydrogens is 346 g/mol. The molecule has 0 unspecified atom stereocenters. The van der Waals surface area contributed by atoms with Crippen LogP contribution >= 0.6 is 11.3 Å². The molecule has 8 heteroatoms. The molecule has 7 nitrogen and oxygen atoms in total. The molecule has 0 aliphatic carbocycles. The van der Waals surface area contributed by atoms with Gasteiger partial charge in [-0.25, -0.2) is 24.9 Å². The molecule has 1 atom stereocenters.